The number of amidine groups is 1. The fraction of sp³-hybridized carbons (Fsp3) is 0.462. The molecule has 1 aromatic rings. The number of nitrogens with zero attached hydrogens (tertiary/aromatic N) is 3. The molecule has 0 aliphatic carbocycles. The lowest BCUT2D eigenvalue weighted by molar-refractivity contribution is 0.234. The number of hydrogen-bond acceptors (Lipinski definition) is 4. The van der Waals surface area contributed by atoms with E-state index in [4.69, 9.17) is 22.5 Å². The van der Waals surface area contributed by atoms with Crippen molar-refractivity contribution in [3.8, 4) is 0 Å². The highest BCUT2D eigenvalue weighted by Crippen LogP contribution is 2.25. The van der Waals surface area contributed by atoms with Crippen molar-refractivity contribution < 1.29 is 5.21 Å². The van der Waals surface area contributed by atoms with Crippen LogP contribution >= 0.6 is 11.6 Å². The van der Waals surface area contributed by atoms with Gasteiger partial charge in [-0.3, -0.25) is 0 Å². The first-order chi connectivity index (χ1) is 9.02. The number of rotatable bonds is 2. The highest BCUT2D eigenvalue weighted by Gasteiger charge is 2.21. The molecular formula is C13H19ClN4O. The van der Waals surface area contributed by atoms with Crippen molar-refractivity contribution in [2.75, 3.05) is 31.6 Å². The number of piperazine rings is 1. The van der Waals surface area contributed by atoms with E-state index in [1.165, 1.54) is 0 Å². The molecule has 1 aromatic carbocycles. The molecule has 5 nitrogen and oxygen atoms in total. The lowest BCUT2D eigenvalue weighted by Gasteiger charge is -2.39. The van der Waals surface area contributed by atoms with E-state index in [2.05, 4.69) is 28.9 Å². The summed E-state index contributed by atoms with van der Waals surface area (Å²) in [7, 11) is 2.14. The highest BCUT2D eigenvalue weighted by atomic mass is 35.5. The van der Waals surface area contributed by atoms with E-state index in [1.807, 2.05) is 12.1 Å². The van der Waals surface area contributed by atoms with E-state index < -0.39 is 0 Å². The van der Waals surface area contributed by atoms with Crippen molar-refractivity contribution in [2.45, 2.75) is 13.0 Å². The van der Waals surface area contributed by atoms with E-state index in [0.29, 0.717) is 16.6 Å². The maximum Gasteiger partial charge on any atom is 0.171 e. The van der Waals surface area contributed by atoms with E-state index in [0.717, 1.165) is 25.3 Å². The molecule has 1 aliphatic rings. The lowest BCUT2D eigenvalue weighted by Crippen LogP contribution is -2.50. The number of benzene rings is 1. The standard InChI is InChI=1S/C13H19ClN4O/c1-9-8-18(6-5-17(9)2)10-3-4-11(12(14)7-10)13(15)16-19/h3-4,7,9,19H,5-6,8H2,1-2H3,(H2,15,16). The quantitative estimate of drug-likeness (QED) is 0.374. The Balaban J connectivity index is 2.21. The number of oxime groups is 1. The van der Waals surface area contributed by atoms with Gasteiger partial charge in [0.2, 0.25) is 0 Å². The van der Waals surface area contributed by atoms with Gasteiger partial charge in [-0.15, -0.1) is 0 Å². The van der Waals surface area contributed by atoms with Crippen molar-refractivity contribution in [1.82, 2.24) is 4.90 Å². The molecule has 2 rings (SSSR count). The second kappa shape index (κ2) is 5.67. The normalized spacial score (nSPS) is 21.7. The van der Waals surface area contributed by atoms with Crippen LogP contribution in [-0.2, 0) is 0 Å². The fourth-order valence-electron chi connectivity index (χ4n) is 2.25. The van der Waals surface area contributed by atoms with Crippen LogP contribution in [0.15, 0.2) is 23.4 Å². The first-order valence-electron chi connectivity index (χ1n) is 6.25. The summed E-state index contributed by atoms with van der Waals surface area (Å²) in [5, 5.41) is 12.2. The summed E-state index contributed by atoms with van der Waals surface area (Å²) < 4.78 is 0. The monoisotopic (exact) mass is 282 g/mol. The Morgan fingerprint density at radius 2 is 2.21 bits per heavy atom. The average Bonchev–Trinajstić information content (AvgIpc) is 2.41. The van der Waals surface area contributed by atoms with Gasteiger partial charge >= 0.3 is 0 Å². The molecule has 0 aromatic heterocycles. The fourth-order valence-corrected chi connectivity index (χ4v) is 2.52. The first-order valence-corrected chi connectivity index (χ1v) is 6.63. The zero-order valence-corrected chi connectivity index (χ0v) is 11.9. The van der Waals surface area contributed by atoms with Crippen LogP contribution in [-0.4, -0.2) is 48.7 Å². The van der Waals surface area contributed by atoms with Gasteiger partial charge in [-0.25, -0.2) is 0 Å². The van der Waals surface area contributed by atoms with Crippen molar-refractivity contribution in [3.05, 3.63) is 28.8 Å². The topological polar surface area (TPSA) is 65.1 Å². The second-order valence-corrected chi connectivity index (χ2v) is 5.33. The molecule has 0 bridgehead atoms. The van der Waals surface area contributed by atoms with E-state index >= 15 is 0 Å². The van der Waals surface area contributed by atoms with E-state index in [9.17, 15) is 0 Å². The van der Waals surface area contributed by atoms with Crippen LogP contribution in [0.4, 0.5) is 5.69 Å². The highest BCUT2D eigenvalue weighted by molar-refractivity contribution is 6.34. The Hall–Kier alpha value is -1.46. The molecule has 1 heterocycles. The van der Waals surface area contributed by atoms with Crippen molar-refractivity contribution in [2.24, 2.45) is 10.9 Å². The van der Waals surface area contributed by atoms with E-state index in [-0.39, 0.29) is 5.84 Å². The molecule has 3 N–H and O–H groups in total. The summed E-state index contributed by atoms with van der Waals surface area (Å²) in [6, 6.07) is 6.12. The number of halogens is 1. The average molecular weight is 283 g/mol. The van der Waals surface area contributed by atoms with Crippen LogP contribution in [0, 0.1) is 0 Å². The molecule has 0 saturated carbocycles. The summed E-state index contributed by atoms with van der Waals surface area (Å²) in [6.45, 7) is 5.18. The Morgan fingerprint density at radius 3 is 2.79 bits per heavy atom. The zero-order chi connectivity index (χ0) is 14.0. The van der Waals surface area contributed by atoms with Crippen molar-refractivity contribution >= 4 is 23.1 Å². The van der Waals surface area contributed by atoms with Crippen LogP contribution in [0.2, 0.25) is 5.02 Å². The van der Waals surface area contributed by atoms with Gasteiger partial charge < -0.3 is 20.7 Å². The molecular weight excluding hydrogens is 264 g/mol. The smallest absolute Gasteiger partial charge is 0.171 e. The van der Waals surface area contributed by atoms with Gasteiger partial charge in [-0.05, 0) is 32.2 Å². The Bertz CT molecular complexity index is 492. The lowest BCUT2D eigenvalue weighted by atomic mass is 10.1. The molecule has 1 unspecified atom stereocenters. The molecule has 1 atom stereocenters. The first kappa shape index (κ1) is 14.0. The Morgan fingerprint density at radius 1 is 1.47 bits per heavy atom. The number of anilines is 1. The SMILES string of the molecule is CC1CN(c2ccc(C(N)=NO)c(Cl)c2)CCN1C. The van der Waals surface area contributed by atoms with Gasteiger partial charge in [0.15, 0.2) is 5.84 Å². The third kappa shape index (κ3) is 2.93. The number of nitrogens with two attached hydrogens (primary N) is 1. The molecule has 0 amide bonds. The molecule has 104 valence electrons. The summed E-state index contributed by atoms with van der Waals surface area (Å²) in [6.07, 6.45) is 0. The van der Waals surface area contributed by atoms with Gasteiger partial charge in [0.25, 0.3) is 0 Å². The van der Waals surface area contributed by atoms with Gasteiger partial charge in [-0.2, -0.15) is 0 Å². The van der Waals surface area contributed by atoms with Gasteiger partial charge in [-0.1, -0.05) is 16.8 Å². The third-order valence-corrected chi connectivity index (χ3v) is 3.97. The van der Waals surface area contributed by atoms with E-state index in [1.54, 1.807) is 6.07 Å². The van der Waals surface area contributed by atoms with Gasteiger partial charge in [0.05, 0.1) is 5.02 Å². The Kier molecular flexibility index (Phi) is 4.17. The molecule has 0 spiro atoms. The predicted molar refractivity (Wildman–Crippen MR) is 78.3 cm³/mol. The number of likely N-dealkylation sites (N-methyl/N-ethyl adjacent to an activating group) is 1. The molecule has 1 saturated heterocycles. The molecule has 0 radical (unpaired) electrons. The minimum Gasteiger partial charge on any atom is -0.409 e. The minimum atomic E-state index is 0.0308. The maximum atomic E-state index is 8.68. The Labute approximate surface area is 118 Å². The summed E-state index contributed by atoms with van der Waals surface area (Å²) in [5.74, 6) is 0.0308. The van der Waals surface area contributed by atoms with Crippen LogP contribution in [0.5, 0.6) is 0 Å². The summed E-state index contributed by atoms with van der Waals surface area (Å²) in [4.78, 5) is 4.63. The molecule has 1 fully saturated rings. The second-order valence-electron chi connectivity index (χ2n) is 4.93. The zero-order valence-electron chi connectivity index (χ0n) is 11.2. The predicted octanol–water partition coefficient (Wildman–Crippen LogP) is 1.57. The minimum absolute atomic E-state index is 0.0308. The van der Waals surface area contributed by atoms with Gasteiger partial charge in [0.1, 0.15) is 0 Å². The third-order valence-electron chi connectivity index (χ3n) is 3.66. The number of hydrogen-bond donors (Lipinski definition) is 2. The molecule has 6 heteroatoms. The van der Waals surface area contributed by atoms with Crippen molar-refractivity contribution in [1.29, 1.82) is 0 Å². The van der Waals surface area contributed by atoms with Crippen LogP contribution in [0.3, 0.4) is 0 Å². The largest absolute Gasteiger partial charge is 0.409 e. The molecule has 19 heavy (non-hydrogen) atoms. The summed E-state index contributed by atoms with van der Waals surface area (Å²) >= 11 is 6.18. The summed E-state index contributed by atoms with van der Waals surface area (Å²) in [5.41, 5.74) is 7.18. The van der Waals surface area contributed by atoms with Crippen LogP contribution < -0.4 is 10.6 Å². The van der Waals surface area contributed by atoms with Crippen LogP contribution in [0.1, 0.15) is 12.5 Å². The maximum absolute atomic E-state index is 8.68. The van der Waals surface area contributed by atoms with Gasteiger partial charge in [0, 0.05) is 36.9 Å². The van der Waals surface area contributed by atoms with Crippen LogP contribution in [0.25, 0.3) is 0 Å². The molecule has 1 aliphatic heterocycles. The van der Waals surface area contributed by atoms with Crippen molar-refractivity contribution in [3.63, 3.8) is 0 Å².